The zero-order valence-electron chi connectivity index (χ0n) is 19.1. The van der Waals surface area contributed by atoms with Crippen LogP contribution in [0.4, 0.5) is 5.69 Å². The molecule has 3 aromatic carbocycles. The molecular weight excluding hydrogens is 464 g/mol. The lowest BCUT2D eigenvalue weighted by molar-refractivity contribution is -0.117. The van der Waals surface area contributed by atoms with Gasteiger partial charge in [-0.05, 0) is 66.6 Å². The van der Waals surface area contributed by atoms with Gasteiger partial charge in [-0.15, -0.1) is 11.3 Å². The monoisotopic (exact) mass is 490 g/mol. The molecule has 0 atom stereocenters. The first kappa shape index (κ1) is 23.0. The van der Waals surface area contributed by atoms with Crippen molar-refractivity contribution in [3.05, 3.63) is 82.9 Å². The predicted octanol–water partition coefficient (Wildman–Crippen LogP) is 5.68. The lowest BCUT2D eigenvalue weighted by Gasteiger charge is -2.34. The van der Waals surface area contributed by atoms with Crippen molar-refractivity contribution in [1.82, 2.24) is 14.8 Å². The molecular formula is C27H27ClN4OS. The number of nitrogens with zero attached hydrogens (tertiary/aromatic N) is 3. The van der Waals surface area contributed by atoms with Crippen molar-refractivity contribution in [2.75, 3.05) is 38.0 Å². The van der Waals surface area contributed by atoms with E-state index in [2.05, 4.69) is 52.4 Å². The van der Waals surface area contributed by atoms with E-state index in [0.29, 0.717) is 6.54 Å². The van der Waals surface area contributed by atoms with Crippen LogP contribution in [0.2, 0.25) is 5.02 Å². The first-order chi connectivity index (χ1) is 16.5. The van der Waals surface area contributed by atoms with E-state index in [0.717, 1.165) is 59.5 Å². The molecule has 1 aliphatic heterocycles. The smallest absolute Gasteiger partial charge is 0.238 e. The third-order valence-corrected chi connectivity index (χ3v) is 7.43. The Hall–Kier alpha value is -2.77. The Morgan fingerprint density at radius 2 is 1.68 bits per heavy atom. The van der Waals surface area contributed by atoms with E-state index in [1.54, 1.807) is 11.3 Å². The van der Waals surface area contributed by atoms with Crippen LogP contribution in [-0.4, -0.2) is 53.4 Å². The number of nitrogens with one attached hydrogen (secondary N) is 1. The Morgan fingerprint density at radius 1 is 0.971 bits per heavy atom. The first-order valence-corrected chi connectivity index (χ1v) is 12.7. The van der Waals surface area contributed by atoms with E-state index in [4.69, 9.17) is 16.6 Å². The molecule has 5 rings (SSSR count). The highest BCUT2D eigenvalue weighted by atomic mass is 35.5. The van der Waals surface area contributed by atoms with Crippen molar-refractivity contribution in [3.63, 3.8) is 0 Å². The fourth-order valence-electron chi connectivity index (χ4n) is 4.21. The molecule has 0 aliphatic carbocycles. The van der Waals surface area contributed by atoms with Gasteiger partial charge >= 0.3 is 0 Å². The highest BCUT2D eigenvalue weighted by Crippen LogP contribution is 2.31. The summed E-state index contributed by atoms with van der Waals surface area (Å²) in [5.41, 5.74) is 5.40. The molecule has 5 nitrogen and oxygen atoms in total. The molecule has 1 N–H and O–H groups in total. The van der Waals surface area contributed by atoms with E-state index in [9.17, 15) is 4.79 Å². The minimum Gasteiger partial charge on any atom is -0.325 e. The number of benzene rings is 3. The van der Waals surface area contributed by atoms with Gasteiger partial charge in [0.25, 0.3) is 0 Å². The number of fused-ring (bicyclic) bond motifs is 1. The lowest BCUT2D eigenvalue weighted by atomic mass is 10.2. The summed E-state index contributed by atoms with van der Waals surface area (Å²) >= 11 is 7.67. The van der Waals surface area contributed by atoms with Gasteiger partial charge in [-0.3, -0.25) is 14.6 Å². The fourth-order valence-corrected chi connectivity index (χ4v) is 5.40. The Morgan fingerprint density at radius 3 is 2.41 bits per heavy atom. The number of thiazole rings is 1. The topological polar surface area (TPSA) is 48.5 Å². The molecule has 174 valence electrons. The van der Waals surface area contributed by atoms with Crippen molar-refractivity contribution in [1.29, 1.82) is 0 Å². The fraction of sp³-hybridized carbons (Fsp3) is 0.259. The Balaban J connectivity index is 1.11. The van der Waals surface area contributed by atoms with Crippen molar-refractivity contribution in [2.45, 2.75) is 13.5 Å². The van der Waals surface area contributed by atoms with Crippen LogP contribution in [-0.2, 0) is 11.3 Å². The van der Waals surface area contributed by atoms with E-state index < -0.39 is 0 Å². The molecule has 2 heterocycles. The molecule has 1 aliphatic rings. The van der Waals surface area contributed by atoms with Crippen molar-refractivity contribution in [2.24, 2.45) is 0 Å². The molecule has 1 aromatic heterocycles. The van der Waals surface area contributed by atoms with Crippen molar-refractivity contribution < 1.29 is 4.79 Å². The average Bonchev–Trinajstić information content (AvgIpc) is 3.25. The number of halogens is 1. The van der Waals surface area contributed by atoms with Gasteiger partial charge in [0.15, 0.2) is 0 Å². The minimum absolute atomic E-state index is 0.0226. The second-order valence-corrected chi connectivity index (χ2v) is 10.3. The van der Waals surface area contributed by atoms with Gasteiger partial charge in [0, 0.05) is 49.0 Å². The third-order valence-electron chi connectivity index (χ3n) is 6.11. The molecule has 34 heavy (non-hydrogen) atoms. The van der Waals surface area contributed by atoms with Crippen molar-refractivity contribution >= 4 is 44.7 Å². The molecule has 0 saturated carbocycles. The van der Waals surface area contributed by atoms with Crippen LogP contribution in [0.15, 0.2) is 66.7 Å². The summed E-state index contributed by atoms with van der Waals surface area (Å²) in [4.78, 5) is 22.0. The molecule has 0 spiro atoms. The maximum atomic E-state index is 12.6. The number of carbonyl (C=O) groups excluding carboxylic acids is 1. The number of anilines is 1. The number of piperazine rings is 1. The summed E-state index contributed by atoms with van der Waals surface area (Å²) in [7, 11) is 0. The van der Waals surface area contributed by atoms with Crippen LogP contribution in [0, 0.1) is 6.92 Å². The van der Waals surface area contributed by atoms with Gasteiger partial charge in [-0.1, -0.05) is 29.8 Å². The number of rotatable bonds is 6. The van der Waals surface area contributed by atoms with Crippen LogP contribution in [0.25, 0.3) is 20.8 Å². The van der Waals surface area contributed by atoms with Gasteiger partial charge in [0.2, 0.25) is 5.91 Å². The van der Waals surface area contributed by atoms with Crippen molar-refractivity contribution in [3.8, 4) is 10.6 Å². The summed E-state index contributed by atoms with van der Waals surface area (Å²) in [6.45, 7) is 7.09. The number of hydrogen-bond donors (Lipinski definition) is 1. The SMILES string of the molecule is Cc1ccc2nc(-c3ccc(NC(=O)CN4CCN(Cc5ccc(Cl)cc5)CC4)cc3)sc2c1. The molecule has 1 amide bonds. The Labute approximate surface area is 209 Å². The maximum Gasteiger partial charge on any atom is 0.238 e. The first-order valence-electron chi connectivity index (χ1n) is 11.5. The molecule has 7 heteroatoms. The largest absolute Gasteiger partial charge is 0.325 e. The highest BCUT2D eigenvalue weighted by molar-refractivity contribution is 7.21. The average molecular weight is 491 g/mol. The summed E-state index contributed by atoms with van der Waals surface area (Å²) in [6.07, 6.45) is 0. The molecule has 0 radical (unpaired) electrons. The molecule has 0 bridgehead atoms. The number of hydrogen-bond acceptors (Lipinski definition) is 5. The normalized spacial score (nSPS) is 15.0. The van der Waals surface area contributed by atoms with E-state index in [1.807, 2.05) is 36.4 Å². The Kier molecular flexibility index (Phi) is 6.92. The number of amides is 1. The van der Waals surface area contributed by atoms with E-state index >= 15 is 0 Å². The second kappa shape index (κ2) is 10.2. The quantitative estimate of drug-likeness (QED) is 0.377. The Bertz CT molecular complexity index is 1280. The summed E-state index contributed by atoms with van der Waals surface area (Å²) in [5.74, 6) is 0.0226. The molecule has 1 fully saturated rings. The highest BCUT2D eigenvalue weighted by Gasteiger charge is 2.19. The van der Waals surface area contributed by atoms with Crippen LogP contribution < -0.4 is 5.32 Å². The van der Waals surface area contributed by atoms with Crippen LogP contribution in [0.1, 0.15) is 11.1 Å². The standard InChI is InChI=1S/C27H27ClN4OS/c1-19-2-11-24-25(16-19)34-27(30-24)21-5-9-23(10-6-21)29-26(33)18-32-14-12-31(13-15-32)17-20-3-7-22(28)8-4-20/h2-11,16H,12-15,17-18H2,1H3,(H,29,33). The van der Waals surface area contributed by atoms with Gasteiger partial charge in [-0.25, -0.2) is 4.98 Å². The number of aryl methyl sites for hydroxylation is 1. The summed E-state index contributed by atoms with van der Waals surface area (Å²) in [6, 6.07) is 22.3. The number of carbonyl (C=O) groups is 1. The van der Waals surface area contributed by atoms with Crippen LogP contribution >= 0.6 is 22.9 Å². The third kappa shape index (κ3) is 5.65. The van der Waals surface area contributed by atoms with Crippen LogP contribution in [0.5, 0.6) is 0 Å². The van der Waals surface area contributed by atoms with E-state index in [1.165, 1.54) is 15.8 Å². The van der Waals surface area contributed by atoms with Crippen LogP contribution in [0.3, 0.4) is 0 Å². The molecule has 0 unspecified atom stereocenters. The van der Waals surface area contributed by atoms with Gasteiger partial charge in [-0.2, -0.15) is 0 Å². The minimum atomic E-state index is 0.0226. The zero-order valence-corrected chi connectivity index (χ0v) is 20.7. The summed E-state index contributed by atoms with van der Waals surface area (Å²) in [5, 5.41) is 4.79. The predicted molar refractivity (Wildman–Crippen MR) is 142 cm³/mol. The van der Waals surface area contributed by atoms with Gasteiger partial charge in [0.05, 0.1) is 16.8 Å². The molecule has 4 aromatic rings. The molecule has 1 saturated heterocycles. The lowest BCUT2D eigenvalue weighted by Crippen LogP contribution is -2.48. The summed E-state index contributed by atoms with van der Waals surface area (Å²) < 4.78 is 1.20. The van der Waals surface area contributed by atoms with Gasteiger partial charge < -0.3 is 5.32 Å². The van der Waals surface area contributed by atoms with Gasteiger partial charge in [0.1, 0.15) is 5.01 Å². The van der Waals surface area contributed by atoms with E-state index in [-0.39, 0.29) is 5.91 Å². The second-order valence-electron chi connectivity index (χ2n) is 8.79. The number of aromatic nitrogens is 1. The zero-order chi connectivity index (χ0) is 23.5. The maximum absolute atomic E-state index is 12.6.